The Bertz CT molecular complexity index is 759. The van der Waals surface area contributed by atoms with Gasteiger partial charge in [-0.25, -0.2) is 0 Å². The molecule has 0 unspecified atom stereocenters. The van der Waals surface area contributed by atoms with Crippen molar-refractivity contribution in [1.82, 2.24) is 5.32 Å². The predicted molar refractivity (Wildman–Crippen MR) is 95.8 cm³/mol. The van der Waals surface area contributed by atoms with Crippen molar-refractivity contribution in [3.8, 4) is 11.5 Å². The number of carbonyl (C=O) groups excluding carboxylic acids is 2. The lowest BCUT2D eigenvalue weighted by molar-refractivity contribution is -0.126. The molecule has 0 saturated carbocycles. The molecular formula is C19H22N2O4. The van der Waals surface area contributed by atoms with Gasteiger partial charge in [-0.15, -0.1) is 0 Å². The summed E-state index contributed by atoms with van der Waals surface area (Å²) in [6.45, 7) is 2.20. The summed E-state index contributed by atoms with van der Waals surface area (Å²) in [5, 5.41) is 5.46. The van der Waals surface area contributed by atoms with Gasteiger partial charge >= 0.3 is 0 Å². The third kappa shape index (κ3) is 5.24. The van der Waals surface area contributed by atoms with Crippen molar-refractivity contribution in [2.45, 2.75) is 19.9 Å². The third-order valence-corrected chi connectivity index (χ3v) is 3.68. The standard InChI is InChI=1S/C19H22N2O4/c1-13-6-4-5-7-15(13)21-19(23)11-18(22)20-12-14-8-9-16(24-2)17(10-14)25-3/h4-10H,11-12H2,1-3H3,(H,20,22)(H,21,23). The van der Waals surface area contributed by atoms with Crippen LogP contribution in [-0.4, -0.2) is 26.0 Å². The SMILES string of the molecule is COc1ccc(CNC(=O)CC(=O)Nc2ccccc2C)cc1OC. The van der Waals surface area contributed by atoms with Gasteiger partial charge in [0.2, 0.25) is 11.8 Å². The summed E-state index contributed by atoms with van der Waals surface area (Å²) >= 11 is 0. The monoisotopic (exact) mass is 342 g/mol. The van der Waals surface area contributed by atoms with E-state index in [1.807, 2.05) is 31.2 Å². The van der Waals surface area contributed by atoms with E-state index in [9.17, 15) is 9.59 Å². The van der Waals surface area contributed by atoms with E-state index in [2.05, 4.69) is 10.6 Å². The molecule has 0 spiro atoms. The zero-order valence-corrected chi connectivity index (χ0v) is 14.6. The maximum Gasteiger partial charge on any atom is 0.233 e. The summed E-state index contributed by atoms with van der Waals surface area (Å²) in [7, 11) is 3.11. The van der Waals surface area contributed by atoms with Crippen LogP contribution in [0.4, 0.5) is 5.69 Å². The van der Waals surface area contributed by atoms with Crippen LogP contribution in [0.3, 0.4) is 0 Å². The van der Waals surface area contributed by atoms with Crippen molar-refractivity contribution in [2.75, 3.05) is 19.5 Å². The van der Waals surface area contributed by atoms with Crippen LogP contribution in [0.15, 0.2) is 42.5 Å². The number of benzene rings is 2. The van der Waals surface area contributed by atoms with Crippen molar-refractivity contribution in [3.63, 3.8) is 0 Å². The molecule has 0 atom stereocenters. The Morgan fingerprint density at radius 3 is 2.36 bits per heavy atom. The molecule has 0 fully saturated rings. The average molecular weight is 342 g/mol. The minimum atomic E-state index is -0.348. The molecule has 0 aliphatic carbocycles. The van der Waals surface area contributed by atoms with E-state index in [1.54, 1.807) is 32.4 Å². The molecule has 2 rings (SSSR count). The van der Waals surface area contributed by atoms with Crippen LogP contribution in [0.2, 0.25) is 0 Å². The molecule has 0 aromatic heterocycles. The number of amides is 2. The van der Waals surface area contributed by atoms with E-state index >= 15 is 0 Å². The lowest BCUT2D eigenvalue weighted by Crippen LogP contribution is -2.27. The molecule has 2 aromatic rings. The first-order valence-corrected chi connectivity index (χ1v) is 7.86. The number of rotatable bonds is 7. The maximum absolute atomic E-state index is 12.0. The van der Waals surface area contributed by atoms with Gasteiger partial charge < -0.3 is 20.1 Å². The fourth-order valence-electron chi connectivity index (χ4n) is 2.31. The van der Waals surface area contributed by atoms with Crippen molar-refractivity contribution in [1.29, 1.82) is 0 Å². The summed E-state index contributed by atoms with van der Waals surface area (Å²) in [6, 6.07) is 12.8. The zero-order valence-electron chi connectivity index (χ0n) is 14.6. The van der Waals surface area contributed by atoms with E-state index in [0.29, 0.717) is 23.7 Å². The Morgan fingerprint density at radius 1 is 0.960 bits per heavy atom. The number of ether oxygens (including phenoxy) is 2. The highest BCUT2D eigenvalue weighted by Gasteiger charge is 2.11. The number of hydrogen-bond acceptors (Lipinski definition) is 4. The first kappa shape index (κ1) is 18.3. The number of hydrogen-bond donors (Lipinski definition) is 2. The van der Waals surface area contributed by atoms with Gasteiger partial charge in [0.1, 0.15) is 6.42 Å². The number of nitrogens with one attached hydrogen (secondary N) is 2. The molecule has 0 heterocycles. The summed E-state index contributed by atoms with van der Waals surface area (Å²) in [5.74, 6) is 0.515. The summed E-state index contributed by atoms with van der Waals surface area (Å²) < 4.78 is 10.4. The average Bonchev–Trinajstić information content (AvgIpc) is 2.61. The van der Waals surface area contributed by atoms with E-state index < -0.39 is 0 Å². The van der Waals surface area contributed by atoms with Crippen molar-refractivity contribution in [2.24, 2.45) is 0 Å². The molecule has 0 aliphatic rings. The van der Waals surface area contributed by atoms with Crippen LogP contribution in [0, 0.1) is 6.92 Å². The normalized spacial score (nSPS) is 10.0. The quantitative estimate of drug-likeness (QED) is 0.759. The van der Waals surface area contributed by atoms with Crippen LogP contribution in [0.1, 0.15) is 17.5 Å². The van der Waals surface area contributed by atoms with Crippen molar-refractivity contribution >= 4 is 17.5 Å². The number of carbonyl (C=O) groups is 2. The molecule has 6 nitrogen and oxygen atoms in total. The van der Waals surface area contributed by atoms with Gasteiger partial charge in [-0.1, -0.05) is 24.3 Å². The highest BCUT2D eigenvalue weighted by Crippen LogP contribution is 2.27. The Kier molecular flexibility index (Phi) is 6.39. The molecule has 6 heteroatoms. The Hall–Kier alpha value is -3.02. The molecule has 2 amide bonds. The number of aryl methyl sites for hydroxylation is 1. The maximum atomic E-state index is 12.0. The van der Waals surface area contributed by atoms with Crippen LogP contribution < -0.4 is 20.1 Å². The van der Waals surface area contributed by atoms with Crippen LogP contribution >= 0.6 is 0 Å². The molecule has 25 heavy (non-hydrogen) atoms. The molecule has 2 aromatic carbocycles. The fourth-order valence-corrected chi connectivity index (χ4v) is 2.31. The number of anilines is 1. The molecule has 0 saturated heterocycles. The van der Waals surface area contributed by atoms with Gasteiger partial charge in [0, 0.05) is 12.2 Å². The lowest BCUT2D eigenvalue weighted by atomic mass is 10.2. The highest BCUT2D eigenvalue weighted by atomic mass is 16.5. The van der Waals surface area contributed by atoms with Gasteiger partial charge in [0.05, 0.1) is 14.2 Å². The van der Waals surface area contributed by atoms with Gasteiger partial charge in [-0.05, 0) is 36.2 Å². The minimum absolute atomic E-state index is 0.235. The highest BCUT2D eigenvalue weighted by molar-refractivity contribution is 6.03. The van der Waals surface area contributed by atoms with Crippen LogP contribution in [0.25, 0.3) is 0 Å². The van der Waals surface area contributed by atoms with Crippen molar-refractivity contribution < 1.29 is 19.1 Å². The third-order valence-electron chi connectivity index (χ3n) is 3.68. The molecular weight excluding hydrogens is 320 g/mol. The van der Waals surface area contributed by atoms with E-state index in [0.717, 1.165) is 11.1 Å². The summed E-state index contributed by atoms with van der Waals surface area (Å²) in [6.07, 6.45) is -0.235. The van der Waals surface area contributed by atoms with E-state index in [1.165, 1.54) is 0 Å². The Labute approximate surface area is 147 Å². The molecule has 2 N–H and O–H groups in total. The first-order chi connectivity index (χ1) is 12.0. The summed E-state index contributed by atoms with van der Waals surface area (Å²) in [5.41, 5.74) is 2.51. The Balaban J connectivity index is 1.86. The number of methoxy groups -OCH3 is 2. The van der Waals surface area contributed by atoms with Crippen molar-refractivity contribution in [3.05, 3.63) is 53.6 Å². The predicted octanol–water partition coefficient (Wildman–Crippen LogP) is 2.66. The smallest absolute Gasteiger partial charge is 0.233 e. The van der Waals surface area contributed by atoms with Gasteiger partial charge in [0.15, 0.2) is 11.5 Å². The number of para-hydroxylation sites is 1. The molecule has 0 radical (unpaired) electrons. The zero-order chi connectivity index (χ0) is 18.2. The Morgan fingerprint density at radius 2 is 1.68 bits per heavy atom. The molecule has 0 aliphatic heterocycles. The molecule has 132 valence electrons. The van der Waals surface area contributed by atoms with E-state index in [4.69, 9.17) is 9.47 Å². The summed E-state index contributed by atoms with van der Waals surface area (Å²) in [4.78, 5) is 23.9. The lowest BCUT2D eigenvalue weighted by Gasteiger charge is -2.11. The molecule has 0 bridgehead atoms. The van der Waals surface area contributed by atoms with Gasteiger partial charge in [-0.3, -0.25) is 9.59 Å². The van der Waals surface area contributed by atoms with E-state index in [-0.39, 0.29) is 18.2 Å². The largest absolute Gasteiger partial charge is 0.493 e. The first-order valence-electron chi connectivity index (χ1n) is 7.86. The van der Waals surface area contributed by atoms with Crippen LogP contribution in [0.5, 0.6) is 11.5 Å². The second-order valence-corrected chi connectivity index (χ2v) is 5.51. The fraction of sp³-hybridized carbons (Fsp3) is 0.263. The van der Waals surface area contributed by atoms with Crippen LogP contribution in [-0.2, 0) is 16.1 Å². The topological polar surface area (TPSA) is 76.7 Å². The van der Waals surface area contributed by atoms with Gasteiger partial charge in [0.25, 0.3) is 0 Å². The second-order valence-electron chi connectivity index (χ2n) is 5.51. The van der Waals surface area contributed by atoms with Gasteiger partial charge in [-0.2, -0.15) is 0 Å². The minimum Gasteiger partial charge on any atom is -0.493 e. The second kappa shape index (κ2) is 8.73.